The van der Waals surface area contributed by atoms with E-state index in [4.69, 9.17) is 0 Å². The van der Waals surface area contributed by atoms with E-state index in [-0.39, 0.29) is 29.4 Å². The quantitative estimate of drug-likeness (QED) is 0.757. The molecule has 124 valence electrons. The maximum atomic E-state index is 12.7. The lowest BCUT2D eigenvalue weighted by Crippen LogP contribution is -2.49. The van der Waals surface area contributed by atoms with Crippen LogP contribution in [0.4, 0.5) is 0 Å². The monoisotopic (exact) mass is 328 g/mol. The third kappa shape index (κ3) is 3.00. The molecule has 3 rings (SSSR count). The first-order chi connectivity index (χ1) is 10.3. The van der Waals surface area contributed by atoms with E-state index in [0.29, 0.717) is 25.2 Å². The average molecular weight is 328 g/mol. The van der Waals surface area contributed by atoms with Crippen molar-refractivity contribution in [2.45, 2.75) is 45.1 Å². The highest BCUT2D eigenvalue weighted by molar-refractivity contribution is 7.91. The second-order valence-electron chi connectivity index (χ2n) is 7.13. The number of likely N-dealkylation sites (tertiary alicyclic amines) is 1. The van der Waals surface area contributed by atoms with Gasteiger partial charge in [0.05, 0.1) is 11.5 Å². The number of sulfone groups is 1. The molecule has 0 aromatic carbocycles. The van der Waals surface area contributed by atoms with Crippen molar-refractivity contribution in [3.63, 3.8) is 0 Å². The van der Waals surface area contributed by atoms with Gasteiger partial charge in [-0.15, -0.1) is 0 Å². The summed E-state index contributed by atoms with van der Waals surface area (Å²) in [7, 11) is -3.02. The Kier molecular flexibility index (Phi) is 3.95. The topological polar surface area (TPSA) is 83.6 Å². The van der Waals surface area contributed by atoms with Crippen molar-refractivity contribution in [3.05, 3.63) is 0 Å². The molecule has 2 aliphatic heterocycles. The number of rotatable bonds is 3. The Morgan fingerprint density at radius 1 is 1.14 bits per heavy atom. The van der Waals surface area contributed by atoms with Crippen molar-refractivity contribution in [2.24, 2.45) is 11.3 Å². The second kappa shape index (κ2) is 5.51. The highest BCUT2D eigenvalue weighted by Gasteiger charge is 2.58. The Balaban J connectivity index is 1.61. The van der Waals surface area contributed by atoms with Crippen LogP contribution in [0.5, 0.6) is 0 Å². The van der Waals surface area contributed by atoms with E-state index in [1.807, 2.05) is 4.90 Å². The summed E-state index contributed by atoms with van der Waals surface area (Å²) < 4.78 is 22.9. The Morgan fingerprint density at radius 3 is 2.27 bits per heavy atom. The molecule has 0 aromatic rings. The van der Waals surface area contributed by atoms with Crippen LogP contribution in [-0.4, -0.2) is 55.8 Å². The largest absolute Gasteiger partial charge is 0.351 e. The predicted molar refractivity (Wildman–Crippen MR) is 81.8 cm³/mol. The van der Waals surface area contributed by atoms with Gasteiger partial charge < -0.3 is 10.2 Å². The van der Waals surface area contributed by atoms with Crippen LogP contribution in [0.3, 0.4) is 0 Å². The summed E-state index contributed by atoms with van der Waals surface area (Å²) >= 11 is 0. The van der Waals surface area contributed by atoms with Gasteiger partial charge in [0, 0.05) is 19.1 Å². The smallest absolute Gasteiger partial charge is 0.238 e. The van der Waals surface area contributed by atoms with E-state index >= 15 is 0 Å². The van der Waals surface area contributed by atoms with Gasteiger partial charge in [0.2, 0.25) is 11.8 Å². The van der Waals surface area contributed by atoms with E-state index in [2.05, 4.69) is 12.2 Å². The minimum absolute atomic E-state index is 0.00421. The van der Waals surface area contributed by atoms with Gasteiger partial charge in [-0.2, -0.15) is 0 Å². The summed E-state index contributed by atoms with van der Waals surface area (Å²) in [6, 6.07) is -0.329. The molecule has 1 atom stereocenters. The van der Waals surface area contributed by atoms with Gasteiger partial charge in [0.1, 0.15) is 5.41 Å². The first-order valence-corrected chi connectivity index (χ1v) is 9.95. The van der Waals surface area contributed by atoms with Crippen LogP contribution in [0.25, 0.3) is 0 Å². The fraction of sp³-hybridized carbons (Fsp3) is 0.867. The molecule has 1 aliphatic carbocycles. The highest BCUT2D eigenvalue weighted by atomic mass is 32.2. The van der Waals surface area contributed by atoms with Crippen molar-refractivity contribution < 1.29 is 18.0 Å². The minimum Gasteiger partial charge on any atom is -0.351 e. The van der Waals surface area contributed by atoms with Crippen LogP contribution >= 0.6 is 0 Å². The third-order valence-corrected chi connectivity index (χ3v) is 7.00. The zero-order valence-electron chi connectivity index (χ0n) is 13.0. The molecule has 1 N–H and O–H groups in total. The van der Waals surface area contributed by atoms with Crippen LogP contribution in [0.15, 0.2) is 0 Å². The molecule has 3 aliphatic rings. The van der Waals surface area contributed by atoms with Gasteiger partial charge in [-0.25, -0.2) is 8.42 Å². The van der Waals surface area contributed by atoms with Gasteiger partial charge in [-0.1, -0.05) is 6.92 Å². The Bertz CT molecular complexity index is 574. The summed E-state index contributed by atoms with van der Waals surface area (Å²) in [5.74, 6) is 0.445. The number of carbonyl (C=O) groups excluding carboxylic acids is 2. The average Bonchev–Trinajstić information content (AvgIpc) is 3.20. The number of nitrogens with zero attached hydrogens (tertiary/aromatic N) is 1. The highest BCUT2D eigenvalue weighted by Crippen LogP contribution is 2.48. The normalized spacial score (nSPS) is 30.0. The fourth-order valence-corrected chi connectivity index (χ4v) is 5.08. The molecule has 1 saturated carbocycles. The first-order valence-electron chi connectivity index (χ1n) is 8.13. The van der Waals surface area contributed by atoms with Crippen LogP contribution in [0.2, 0.25) is 0 Å². The van der Waals surface area contributed by atoms with Gasteiger partial charge in [-0.05, 0) is 38.0 Å². The number of carbonyl (C=O) groups is 2. The zero-order valence-corrected chi connectivity index (χ0v) is 13.8. The van der Waals surface area contributed by atoms with Gasteiger partial charge in [0.15, 0.2) is 9.84 Å². The lowest BCUT2D eigenvalue weighted by molar-refractivity contribution is -0.145. The molecule has 3 fully saturated rings. The van der Waals surface area contributed by atoms with E-state index < -0.39 is 15.3 Å². The Hall–Kier alpha value is -1.11. The van der Waals surface area contributed by atoms with Gasteiger partial charge in [0.25, 0.3) is 0 Å². The van der Waals surface area contributed by atoms with Crippen molar-refractivity contribution in [2.75, 3.05) is 24.6 Å². The van der Waals surface area contributed by atoms with Crippen LogP contribution in [0.1, 0.15) is 39.0 Å². The zero-order chi connectivity index (χ0) is 16.0. The van der Waals surface area contributed by atoms with Crippen molar-refractivity contribution in [3.8, 4) is 0 Å². The van der Waals surface area contributed by atoms with Crippen molar-refractivity contribution >= 4 is 21.7 Å². The molecule has 1 unspecified atom stereocenters. The SMILES string of the molecule is CC1CCN(C(=O)C2(C(=O)NC3CCS(=O)(=O)C3)CC2)CC1. The summed E-state index contributed by atoms with van der Waals surface area (Å²) in [5.41, 5.74) is -0.910. The molecule has 2 amide bonds. The molecule has 0 radical (unpaired) electrons. The lowest BCUT2D eigenvalue weighted by Gasteiger charge is -2.33. The first kappa shape index (κ1) is 15.8. The predicted octanol–water partition coefficient (Wildman–Crippen LogP) is 0.328. The van der Waals surface area contributed by atoms with E-state index in [1.165, 1.54) is 0 Å². The molecule has 2 heterocycles. The lowest BCUT2D eigenvalue weighted by atomic mass is 9.96. The molecular weight excluding hydrogens is 304 g/mol. The van der Waals surface area contributed by atoms with Crippen molar-refractivity contribution in [1.82, 2.24) is 10.2 Å². The molecule has 0 spiro atoms. The van der Waals surface area contributed by atoms with Crippen LogP contribution in [0, 0.1) is 11.3 Å². The maximum absolute atomic E-state index is 12.7. The number of hydrogen-bond acceptors (Lipinski definition) is 4. The summed E-state index contributed by atoms with van der Waals surface area (Å²) in [4.78, 5) is 27.0. The molecule has 0 bridgehead atoms. The summed E-state index contributed by atoms with van der Waals surface area (Å²) in [6.07, 6.45) is 3.61. The number of piperidine rings is 1. The summed E-state index contributed by atoms with van der Waals surface area (Å²) in [6.45, 7) is 3.64. The van der Waals surface area contributed by atoms with E-state index in [1.54, 1.807) is 0 Å². The molecule has 22 heavy (non-hydrogen) atoms. The van der Waals surface area contributed by atoms with Gasteiger partial charge in [-0.3, -0.25) is 9.59 Å². The fourth-order valence-electron chi connectivity index (χ4n) is 3.41. The Morgan fingerprint density at radius 2 is 1.77 bits per heavy atom. The van der Waals surface area contributed by atoms with Gasteiger partial charge >= 0.3 is 0 Å². The number of nitrogens with one attached hydrogen (secondary N) is 1. The van der Waals surface area contributed by atoms with Crippen LogP contribution < -0.4 is 5.32 Å². The van der Waals surface area contributed by atoms with Crippen LogP contribution in [-0.2, 0) is 19.4 Å². The standard InChI is InChI=1S/C15H24N2O4S/c1-11-2-7-17(8-3-11)14(19)15(5-6-15)13(18)16-12-4-9-22(20,21)10-12/h11-12H,2-10H2,1H3,(H,16,18). The Labute approximate surface area is 131 Å². The maximum Gasteiger partial charge on any atom is 0.238 e. The molecule has 0 aromatic heterocycles. The second-order valence-corrected chi connectivity index (χ2v) is 9.36. The molecular formula is C15H24N2O4S. The number of hydrogen-bond donors (Lipinski definition) is 1. The summed E-state index contributed by atoms with van der Waals surface area (Å²) in [5, 5.41) is 2.80. The third-order valence-electron chi connectivity index (χ3n) is 5.23. The van der Waals surface area contributed by atoms with Crippen molar-refractivity contribution in [1.29, 1.82) is 0 Å². The van der Waals surface area contributed by atoms with E-state index in [0.717, 1.165) is 25.9 Å². The molecule has 7 heteroatoms. The molecule has 6 nitrogen and oxygen atoms in total. The number of amides is 2. The minimum atomic E-state index is -3.02. The van der Waals surface area contributed by atoms with E-state index in [9.17, 15) is 18.0 Å². The molecule has 2 saturated heterocycles.